The number of nitrogens with one attached hydrogen (secondary N) is 1. The fourth-order valence-corrected chi connectivity index (χ4v) is 2.73. The molecule has 0 saturated heterocycles. The molecule has 9 heteroatoms. The number of ether oxygens (including phenoxy) is 1. The smallest absolute Gasteiger partial charge is 0.326 e. The van der Waals surface area contributed by atoms with E-state index in [0.29, 0.717) is 11.8 Å². The molecule has 0 saturated carbocycles. The molecule has 0 fully saturated rings. The maximum absolute atomic E-state index is 12.4. The fourth-order valence-electron chi connectivity index (χ4n) is 2.73. The molecule has 31 heavy (non-hydrogen) atoms. The molecule has 0 aliphatic rings. The van der Waals surface area contributed by atoms with Crippen LogP contribution in [0.3, 0.4) is 0 Å². The molecule has 9 nitrogen and oxygen atoms in total. The predicted molar refractivity (Wildman–Crippen MR) is 117 cm³/mol. The van der Waals surface area contributed by atoms with Crippen LogP contribution >= 0.6 is 0 Å². The van der Waals surface area contributed by atoms with Gasteiger partial charge in [0.2, 0.25) is 5.95 Å². The summed E-state index contributed by atoms with van der Waals surface area (Å²) < 4.78 is 6.78. The van der Waals surface area contributed by atoms with Crippen molar-refractivity contribution in [1.29, 1.82) is 0 Å². The van der Waals surface area contributed by atoms with Gasteiger partial charge in [-0.05, 0) is 18.2 Å². The van der Waals surface area contributed by atoms with E-state index in [4.69, 9.17) is 4.74 Å². The predicted octanol–water partition coefficient (Wildman–Crippen LogP) is 2.58. The second-order valence-electron chi connectivity index (χ2n) is 8.03. The summed E-state index contributed by atoms with van der Waals surface area (Å²) >= 11 is 0. The quantitative estimate of drug-likeness (QED) is 0.584. The standard InChI is InChI=1S/C22H26N6O3/c1-22(2,3)17-13-18(28(26-17)16-9-6-5-7-10-16)25-19(29)15-31-20(30)14-27(4)21-23-11-8-12-24-21/h5-13H,14-15H2,1-4H3,(H,25,29). The molecule has 0 unspecified atom stereocenters. The molecule has 0 aliphatic heterocycles. The van der Waals surface area contributed by atoms with Crippen LogP contribution in [0.5, 0.6) is 0 Å². The van der Waals surface area contributed by atoms with Gasteiger partial charge in [0.1, 0.15) is 12.4 Å². The number of likely N-dealkylation sites (N-methyl/N-ethyl adjacent to an activating group) is 1. The van der Waals surface area contributed by atoms with Crippen LogP contribution in [0.4, 0.5) is 11.8 Å². The number of hydrogen-bond donors (Lipinski definition) is 1. The van der Waals surface area contributed by atoms with E-state index < -0.39 is 18.5 Å². The number of benzene rings is 1. The Morgan fingerprint density at radius 3 is 2.42 bits per heavy atom. The molecule has 3 rings (SSSR count). The van der Waals surface area contributed by atoms with E-state index in [1.165, 1.54) is 0 Å². The highest BCUT2D eigenvalue weighted by Gasteiger charge is 2.22. The van der Waals surface area contributed by atoms with Gasteiger partial charge in [-0.3, -0.25) is 9.59 Å². The van der Waals surface area contributed by atoms with Gasteiger partial charge < -0.3 is 15.0 Å². The van der Waals surface area contributed by atoms with Crippen LogP contribution in [0.2, 0.25) is 0 Å². The number of rotatable bonds is 7. The molecule has 0 spiro atoms. The molecule has 0 radical (unpaired) electrons. The lowest BCUT2D eigenvalue weighted by Crippen LogP contribution is -2.30. The largest absolute Gasteiger partial charge is 0.454 e. The van der Waals surface area contributed by atoms with Gasteiger partial charge in [0, 0.05) is 30.9 Å². The van der Waals surface area contributed by atoms with Crippen LogP contribution in [0.15, 0.2) is 54.9 Å². The lowest BCUT2D eigenvalue weighted by molar-refractivity contribution is -0.145. The van der Waals surface area contributed by atoms with E-state index in [9.17, 15) is 9.59 Å². The second-order valence-corrected chi connectivity index (χ2v) is 8.03. The Morgan fingerprint density at radius 2 is 1.77 bits per heavy atom. The number of amides is 1. The Morgan fingerprint density at radius 1 is 1.10 bits per heavy atom. The maximum Gasteiger partial charge on any atom is 0.326 e. The van der Waals surface area contributed by atoms with Crippen molar-refractivity contribution in [2.24, 2.45) is 0 Å². The number of carbonyl (C=O) groups excluding carboxylic acids is 2. The monoisotopic (exact) mass is 422 g/mol. The molecular formula is C22H26N6O3. The SMILES string of the molecule is CN(CC(=O)OCC(=O)Nc1cc(C(C)(C)C)nn1-c1ccccc1)c1ncccn1. The second kappa shape index (κ2) is 9.38. The Kier molecular flexibility index (Phi) is 6.64. The minimum absolute atomic E-state index is 0.0760. The number of aromatic nitrogens is 4. The first kappa shape index (κ1) is 21.9. The third kappa shape index (κ3) is 5.88. The van der Waals surface area contributed by atoms with E-state index in [1.807, 2.05) is 57.2 Å². The fraction of sp³-hybridized carbons (Fsp3) is 0.318. The van der Waals surface area contributed by atoms with Crippen molar-refractivity contribution in [3.05, 3.63) is 60.6 Å². The molecule has 1 aromatic carbocycles. The van der Waals surface area contributed by atoms with Crippen LogP contribution in [-0.4, -0.2) is 51.8 Å². The molecule has 0 bridgehead atoms. The van der Waals surface area contributed by atoms with Crippen LogP contribution in [0.1, 0.15) is 26.5 Å². The Balaban J connectivity index is 1.63. The Labute approximate surface area is 181 Å². The number of hydrogen-bond acceptors (Lipinski definition) is 7. The highest BCUT2D eigenvalue weighted by molar-refractivity contribution is 5.92. The van der Waals surface area contributed by atoms with Gasteiger partial charge in [-0.2, -0.15) is 5.10 Å². The Hall–Kier alpha value is -3.75. The number of carbonyl (C=O) groups is 2. The number of nitrogens with zero attached hydrogens (tertiary/aromatic N) is 5. The topological polar surface area (TPSA) is 102 Å². The first-order valence-electron chi connectivity index (χ1n) is 9.83. The summed E-state index contributed by atoms with van der Waals surface area (Å²) in [6, 6.07) is 13.0. The highest BCUT2D eigenvalue weighted by atomic mass is 16.5. The van der Waals surface area contributed by atoms with Crippen LogP contribution in [0, 0.1) is 0 Å². The molecule has 1 amide bonds. The van der Waals surface area contributed by atoms with Gasteiger partial charge in [0.05, 0.1) is 11.4 Å². The van der Waals surface area contributed by atoms with Gasteiger partial charge in [-0.15, -0.1) is 0 Å². The number of esters is 1. The van der Waals surface area contributed by atoms with Crippen molar-refractivity contribution in [3.8, 4) is 5.69 Å². The average Bonchev–Trinajstić information content (AvgIpc) is 3.18. The first-order chi connectivity index (χ1) is 14.7. The minimum atomic E-state index is -0.558. The van der Waals surface area contributed by atoms with Crippen molar-refractivity contribution in [2.75, 3.05) is 30.4 Å². The van der Waals surface area contributed by atoms with Crippen molar-refractivity contribution in [2.45, 2.75) is 26.2 Å². The van der Waals surface area contributed by atoms with E-state index in [2.05, 4.69) is 20.4 Å². The van der Waals surface area contributed by atoms with Crippen molar-refractivity contribution < 1.29 is 14.3 Å². The van der Waals surface area contributed by atoms with Crippen molar-refractivity contribution in [1.82, 2.24) is 19.7 Å². The van der Waals surface area contributed by atoms with E-state index in [1.54, 1.807) is 35.1 Å². The summed E-state index contributed by atoms with van der Waals surface area (Å²) in [5.41, 5.74) is 1.44. The van der Waals surface area contributed by atoms with Crippen molar-refractivity contribution in [3.63, 3.8) is 0 Å². The molecule has 0 aliphatic carbocycles. The molecule has 3 aromatic rings. The molecule has 1 N–H and O–H groups in total. The summed E-state index contributed by atoms with van der Waals surface area (Å²) in [5.74, 6) is -0.112. The zero-order valence-corrected chi connectivity index (χ0v) is 18.1. The zero-order valence-electron chi connectivity index (χ0n) is 18.1. The number of anilines is 2. The normalized spacial score (nSPS) is 11.1. The van der Waals surface area contributed by atoms with Gasteiger partial charge in [0.25, 0.3) is 5.91 Å². The lowest BCUT2D eigenvalue weighted by Gasteiger charge is -2.15. The van der Waals surface area contributed by atoms with Gasteiger partial charge in [-0.25, -0.2) is 14.6 Å². The minimum Gasteiger partial charge on any atom is -0.454 e. The molecule has 2 heterocycles. The molecule has 0 atom stereocenters. The maximum atomic E-state index is 12.4. The van der Waals surface area contributed by atoms with Crippen molar-refractivity contribution >= 4 is 23.6 Å². The summed E-state index contributed by atoms with van der Waals surface area (Å²) in [6.45, 7) is 5.65. The third-order valence-corrected chi connectivity index (χ3v) is 4.37. The van der Waals surface area contributed by atoms with Gasteiger partial charge in [0.15, 0.2) is 6.61 Å². The van der Waals surface area contributed by atoms with E-state index in [0.717, 1.165) is 11.4 Å². The lowest BCUT2D eigenvalue weighted by atomic mass is 9.92. The van der Waals surface area contributed by atoms with Crippen LogP contribution < -0.4 is 10.2 Å². The van der Waals surface area contributed by atoms with Crippen LogP contribution in [0.25, 0.3) is 5.69 Å². The molecule has 162 valence electrons. The number of para-hydroxylation sites is 1. The zero-order chi connectivity index (χ0) is 22.4. The third-order valence-electron chi connectivity index (χ3n) is 4.37. The van der Waals surface area contributed by atoms with Gasteiger partial charge in [-0.1, -0.05) is 39.0 Å². The summed E-state index contributed by atoms with van der Waals surface area (Å²) in [4.78, 5) is 34.2. The molecule has 2 aromatic heterocycles. The summed E-state index contributed by atoms with van der Waals surface area (Å²) in [7, 11) is 1.67. The van der Waals surface area contributed by atoms with E-state index >= 15 is 0 Å². The summed E-state index contributed by atoms with van der Waals surface area (Å²) in [5, 5.41) is 7.43. The molecular weight excluding hydrogens is 396 g/mol. The van der Waals surface area contributed by atoms with Gasteiger partial charge >= 0.3 is 5.97 Å². The van der Waals surface area contributed by atoms with E-state index in [-0.39, 0.29) is 12.0 Å². The van der Waals surface area contributed by atoms with Crippen LogP contribution in [-0.2, 0) is 19.7 Å². The Bertz CT molecular complexity index is 1030. The first-order valence-corrected chi connectivity index (χ1v) is 9.83. The summed E-state index contributed by atoms with van der Waals surface area (Å²) in [6.07, 6.45) is 3.17. The highest BCUT2D eigenvalue weighted by Crippen LogP contribution is 2.26. The average molecular weight is 422 g/mol.